The van der Waals surface area contributed by atoms with Crippen molar-refractivity contribution < 1.29 is 4.79 Å². The van der Waals surface area contributed by atoms with Gasteiger partial charge in [0, 0.05) is 5.69 Å². The van der Waals surface area contributed by atoms with E-state index in [0.29, 0.717) is 17.8 Å². The molecule has 0 amide bonds. The maximum Gasteiger partial charge on any atom is 0.146 e. The van der Waals surface area contributed by atoms with Crippen LogP contribution in [0.25, 0.3) is 6.08 Å². The third-order valence-electron chi connectivity index (χ3n) is 1.67. The Hall–Kier alpha value is -1.84. The number of hydrogen-bond donors (Lipinski definition) is 2. The first-order chi connectivity index (χ1) is 6.15. The lowest BCUT2D eigenvalue weighted by Crippen LogP contribution is -2.00. The van der Waals surface area contributed by atoms with Gasteiger partial charge in [-0.3, -0.25) is 4.79 Å². The summed E-state index contributed by atoms with van der Waals surface area (Å²) in [7, 11) is 0. The number of nitrogen functional groups attached to an aromatic ring is 2. The summed E-state index contributed by atoms with van der Waals surface area (Å²) in [5.74, 6) is 0.320. The van der Waals surface area contributed by atoms with Crippen LogP contribution in [0.1, 0.15) is 11.3 Å². The van der Waals surface area contributed by atoms with Crippen LogP contribution in [-0.2, 0) is 4.79 Å². The van der Waals surface area contributed by atoms with E-state index >= 15 is 0 Å². The van der Waals surface area contributed by atoms with E-state index in [0.717, 1.165) is 11.3 Å². The summed E-state index contributed by atoms with van der Waals surface area (Å²) >= 11 is 0. The highest BCUT2D eigenvalue weighted by atomic mass is 16.1. The molecular weight excluding hydrogens is 166 g/mol. The van der Waals surface area contributed by atoms with E-state index in [9.17, 15) is 4.79 Å². The van der Waals surface area contributed by atoms with Crippen molar-refractivity contribution >= 4 is 23.9 Å². The predicted octanol–water partition coefficient (Wildman–Crippen LogP) is 0.767. The Kier molecular flexibility index (Phi) is 2.64. The van der Waals surface area contributed by atoms with Crippen molar-refractivity contribution in [1.82, 2.24) is 4.98 Å². The zero-order valence-electron chi connectivity index (χ0n) is 7.32. The fourth-order valence-corrected chi connectivity index (χ4v) is 0.967. The summed E-state index contributed by atoms with van der Waals surface area (Å²) in [6, 6.07) is 1.69. The van der Waals surface area contributed by atoms with Gasteiger partial charge in [0.2, 0.25) is 0 Å². The second-order valence-electron chi connectivity index (χ2n) is 2.63. The van der Waals surface area contributed by atoms with Gasteiger partial charge in [0.25, 0.3) is 0 Å². The van der Waals surface area contributed by atoms with Crippen molar-refractivity contribution in [3.05, 3.63) is 23.4 Å². The highest BCUT2D eigenvalue weighted by Crippen LogP contribution is 2.17. The third-order valence-corrected chi connectivity index (χ3v) is 1.67. The van der Waals surface area contributed by atoms with E-state index < -0.39 is 0 Å². The van der Waals surface area contributed by atoms with Crippen molar-refractivity contribution in [2.75, 3.05) is 11.5 Å². The summed E-state index contributed by atoms with van der Waals surface area (Å²) in [6.45, 7) is 1.81. The summed E-state index contributed by atoms with van der Waals surface area (Å²) in [5.41, 5.74) is 13.0. The number of rotatable bonds is 2. The van der Waals surface area contributed by atoms with Crippen LogP contribution in [-0.4, -0.2) is 11.3 Å². The molecule has 1 rings (SSSR count). The quantitative estimate of drug-likeness (QED) is 0.516. The fraction of sp³-hybridized carbons (Fsp3) is 0.111. The minimum Gasteiger partial charge on any atom is -0.396 e. The van der Waals surface area contributed by atoms with Crippen LogP contribution in [0.5, 0.6) is 0 Å². The maximum absolute atomic E-state index is 10.1. The Morgan fingerprint density at radius 2 is 2.15 bits per heavy atom. The molecule has 4 heteroatoms. The van der Waals surface area contributed by atoms with Crippen LogP contribution in [0, 0.1) is 6.92 Å². The fourth-order valence-electron chi connectivity index (χ4n) is 0.967. The van der Waals surface area contributed by atoms with Gasteiger partial charge in [0.1, 0.15) is 12.1 Å². The van der Waals surface area contributed by atoms with Crippen molar-refractivity contribution in [2.24, 2.45) is 0 Å². The number of pyridine rings is 1. The second-order valence-corrected chi connectivity index (χ2v) is 2.63. The van der Waals surface area contributed by atoms with Gasteiger partial charge in [-0.15, -0.1) is 0 Å². The molecule has 0 aliphatic rings. The molecule has 13 heavy (non-hydrogen) atoms. The van der Waals surface area contributed by atoms with Crippen molar-refractivity contribution in [2.45, 2.75) is 6.92 Å². The average molecular weight is 177 g/mol. The third kappa shape index (κ3) is 2.05. The van der Waals surface area contributed by atoms with Crippen LogP contribution in [0.3, 0.4) is 0 Å². The number of nitrogens with zero attached hydrogens (tertiary/aromatic N) is 1. The van der Waals surface area contributed by atoms with Crippen LogP contribution >= 0.6 is 0 Å². The van der Waals surface area contributed by atoms with E-state index in [4.69, 9.17) is 11.5 Å². The molecule has 0 unspecified atom stereocenters. The number of aryl methyl sites for hydroxylation is 1. The molecule has 0 bridgehead atoms. The van der Waals surface area contributed by atoms with Gasteiger partial charge in [-0.05, 0) is 30.7 Å². The van der Waals surface area contributed by atoms with Crippen molar-refractivity contribution in [1.29, 1.82) is 0 Å². The molecular formula is C9H11N3O. The molecule has 0 aliphatic carbocycles. The molecule has 4 N–H and O–H groups in total. The van der Waals surface area contributed by atoms with Crippen LogP contribution < -0.4 is 11.5 Å². The standard InChI is InChI=1S/C9H11N3O/c1-6-7(3-2-4-13)5-8(10)9(11)12-6/h2-5H,10H2,1H3,(H2,11,12). The average Bonchev–Trinajstić information content (AvgIpc) is 2.09. The summed E-state index contributed by atoms with van der Waals surface area (Å²) in [6.07, 6.45) is 3.73. The molecule has 1 heterocycles. The minimum atomic E-state index is 0.320. The van der Waals surface area contributed by atoms with Crippen LogP contribution in [0.4, 0.5) is 11.5 Å². The minimum absolute atomic E-state index is 0.320. The molecule has 4 nitrogen and oxygen atoms in total. The lowest BCUT2D eigenvalue weighted by Gasteiger charge is -2.03. The first-order valence-electron chi connectivity index (χ1n) is 3.79. The lowest BCUT2D eigenvalue weighted by molar-refractivity contribution is -0.104. The topological polar surface area (TPSA) is 82.0 Å². The van der Waals surface area contributed by atoms with Gasteiger partial charge in [-0.25, -0.2) is 4.98 Å². The summed E-state index contributed by atoms with van der Waals surface area (Å²) in [5, 5.41) is 0. The van der Waals surface area contributed by atoms with E-state index in [-0.39, 0.29) is 0 Å². The Bertz CT molecular complexity index is 358. The number of carbonyl (C=O) groups excluding carboxylic acids is 1. The molecule has 1 aromatic heterocycles. The summed E-state index contributed by atoms with van der Waals surface area (Å²) in [4.78, 5) is 14.1. The smallest absolute Gasteiger partial charge is 0.146 e. The monoisotopic (exact) mass is 177 g/mol. The molecule has 68 valence electrons. The molecule has 0 saturated carbocycles. The number of aromatic nitrogens is 1. The van der Waals surface area contributed by atoms with E-state index in [1.54, 1.807) is 19.1 Å². The number of anilines is 2. The first kappa shape index (κ1) is 9.25. The molecule has 0 atom stereocenters. The number of allylic oxidation sites excluding steroid dienone is 1. The number of nitrogens with two attached hydrogens (primary N) is 2. The Morgan fingerprint density at radius 1 is 1.46 bits per heavy atom. The van der Waals surface area contributed by atoms with Gasteiger partial charge in [0.05, 0.1) is 5.69 Å². The first-order valence-corrected chi connectivity index (χ1v) is 3.79. The van der Waals surface area contributed by atoms with E-state index in [2.05, 4.69) is 4.98 Å². The molecule has 0 radical (unpaired) electrons. The normalized spacial score (nSPS) is 10.5. The highest BCUT2D eigenvalue weighted by Gasteiger charge is 2.00. The molecule has 0 spiro atoms. The molecule has 1 aromatic rings. The largest absolute Gasteiger partial charge is 0.396 e. The second kappa shape index (κ2) is 3.71. The summed E-state index contributed by atoms with van der Waals surface area (Å²) < 4.78 is 0. The number of hydrogen-bond acceptors (Lipinski definition) is 4. The van der Waals surface area contributed by atoms with Crippen LogP contribution in [0.15, 0.2) is 12.1 Å². The molecule has 0 fully saturated rings. The number of carbonyl (C=O) groups is 1. The molecule has 0 aliphatic heterocycles. The van der Waals surface area contributed by atoms with Gasteiger partial charge < -0.3 is 11.5 Å². The Morgan fingerprint density at radius 3 is 2.77 bits per heavy atom. The lowest BCUT2D eigenvalue weighted by atomic mass is 10.1. The molecule has 0 aromatic carbocycles. The Balaban J connectivity index is 3.15. The predicted molar refractivity (Wildman–Crippen MR) is 52.9 cm³/mol. The van der Waals surface area contributed by atoms with E-state index in [1.807, 2.05) is 0 Å². The van der Waals surface area contributed by atoms with Gasteiger partial charge in [-0.2, -0.15) is 0 Å². The zero-order chi connectivity index (χ0) is 9.84. The van der Waals surface area contributed by atoms with Gasteiger partial charge in [-0.1, -0.05) is 0 Å². The molecule has 0 saturated heterocycles. The van der Waals surface area contributed by atoms with Crippen LogP contribution in [0.2, 0.25) is 0 Å². The van der Waals surface area contributed by atoms with E-state index in [1.165, 1.54) is 6.08 Å². The highest BCUT2D eigenvalue weighted by molar-refractivity contribution is 5.76. The maximum atomic E-state index is 10.1. The van der Waals surface area contributed by atoms with Crippen molar-refractivity contribution in [3.63, 3.8) is 0 Å². The zero-order valence-corrected chi connectivity index (χ0v) is 7.32. The van der Waals surface area contributed by atoms with Crippen molar-refractivity contribution in [3.8, 4) is 0 Å². The van der Waals surface area contributed by atoms with Gasteiger partial charge in [0.15, 0.2) is 0 Å². The van der Waals surface area contributed by atoms with Gasteiger partial charge >= 0.3 is 0 Å². The number of aldehydes is 1. The SMILES string of the molecule is Cc1nc(N)c(N)cc1C=CC=O. The Labute approximate surface area is 76.3 Å².